The molecule has 8 nitrogen and oxygen atoms in total. The summed E-state index contributed by atoms with van der Waals surface area (Å²) >= 11 is 0. The number of hydrogen-bond donors (Lipinski definition) is 0. The molecule has 2 aliphatic heterocycles. The zero-order valence-corrected chi connectivity index (χ0v) is 18.0. The summed E-state index contributed by atoms with van der Waals surface area (Å²) in [4.78, 5) is 22.6. The number of aromatic nitrogens is 3. The van der Waals surface area contributed by atoms with Gasteiger partial charge in [-0.25, -0.2) is 13.6 Å². The van der Waals surface area contributed by atoms with E-state index in [4.69, 9.17) is 14.2 Å². The average Bonchev–Trinajstić information content (AvgIpc) is 2.81. The molecule has 5 rings (SSSR count). The smallest absolute Gasteiger partial charge is 0.352 e. The van der Waals surface area contributed by atoms with Crippen LogP contribution in [0.15, 0.2) is 41.3 Å². The molecule has 33 heavy (non-hydrogen) atoms. The van der Waals surface area contributed by atoms with E-state index >= 15 is 0 Å². The summed E-state index contributed by atoms with van der Waals surface area (Å²) in [6.45, 7) is 4.04. The van der Waals surface area contributed by atoms with Crippen LogP contribution in [0.4, 0.5) is 14.6 Å². The third-order valence-corrected chi connectivity index (χ3v) is 5.72. The highest BCUT2D eigenvalue weighted by molar-refractivity contribution is 5.45. The first-order valence-electron chi connectivity index (χ1n) is 10.7. The van der Waals surface area contributed by atoms with Gasteiger partial charge in [-0.3, -0.25) is 9.55 Å². The molecular formula is C23H22F2N4O4. The number of nitrogens with zero attached hydrogens (tertiary/aromatic N) is 4. The molecule has 0 N–H and O–H groups in total. The minimum Gasteiger partial charge on any atom is -0.473 e. The minimum atomic E-state index is -0.871. The van der Waals surface area contributed by atoms with Crippen molar-refractivity contribution in [1.29, 1.82) is 0 Å². The predicted molar refractivity (Wildman–Crippen MR) is 115 cm³/mol. The Bertz CT molecular complexity index is 1210. The number of morpholine rings is 1. The van der Waals surface area contributed by atoms with Gasteiger partial charge < -0.3 is 19.1 Å². The van der Waals surface area contributed by atoms with Crippen LogP contribution in [0.2, 0.25) is 0 Å². The van der Waals surface area contributed by atoms with Gasteiger partial charge in [-0.05, 0) is 43.2 Å². The van der Waals surface area contributed by atoms with Crippen LogP contribution in [0.1, 0.15) is 17.7 Å². The summed E-state index contributed by atoms with van der Waals surface area (Å²) in [7, 11) is 0. The molecule has 10 heteroatoms. The van der Waals surface area contributed by atoms with Gasteiger partial charge in [-0.2, -0.15) is 4.98 Å². The molecule has 1 aromatic carbocycles. The number of hydrogen-bond acceptors (Lipinski definition) is 7. The zero-order valence-electron chi connectivity index (χ0n) is 18.0. The summed E-state index contributed by atoms with van der Waals surface area (Å²) in [5.74, 6) is -1.22. The van der Waals surface area contributed by atoms with E-state index in [0.29, 0.717) is 26.3 Å². The second-order valence-corrected chi connectivity index (χ2v) is 8.01. The van der Waals surface area contributed by atoms with Crippen molar-refractivity contribution in [1.82, 2.24) is 14.5 Å². The van der Waals surface area contributed by atoms with Crippen molar-refractivity contribution in [3.63, 3.8) is 0 Å². The van der Waals surface area contributed by atoms with Crippen LogP contribution >= 0.6 is 0 Å². The molecule has 4 heterocycles. The average molecular weight is 456 g/mol. The highest BCUT2D eigenvalue weighted by Gasteiger charge is 2.30. The second-order valence-electron chi connectivity index (χ2n) is 8.01. The van der Waals surface area contributed by atoms with E-state index in [9.17, 15) is 13.6 Å². The number of ether oxygens (including phenoxy) is 3. The maximum Gasteiger partial charge on any atom is 0.352 e. The SMILES string of the molecule is Cc1ccc(Oc2c(F)cc(COc3cc4n(c(=O)n3)CC[C@@H]3COCCN43)cc2F)cn1. The van der Waals surface area contributed by atoms with Crippen LogP contribution in [0.5, 0.6) is 17.4 Å². The molecule has 1 fully saturated rings. The van der Waals surface area contributed by atoms with Gasteiger partial charge >= 0.3 is 5.69 Å². The van der Waals surface area contributed by atoms with E-state index in [1.165, 1.54) is 6.20 Å². The first kappa shape index (κ1) is 21.3. The van der Waals surface area contributed by atoms with Crippen molar-refractivity contribution < 1.29 is 23.0 Å². The number of fused-ring (bicyclic) bond motifs is 3. The Morgan fingerprint density at radius 2 is 2.00 bits per heavy atom. The fourth-order valence-electron chi connectivity index (χ4n) is 4.05. The van der Waals surface area contributed by atoms with Gasteiger partial charge in [-0.1, -0.05) is 0 Å². The van der Waals surface area contributed by atoms with Gasteiger partial charge in [-0.15, -0.1) is 0 Å². The maximum absolute atomic E-state index is 14.5. The summed E-state index contributed by atoms with van der Waals surface area (Å²) < 4.78 is 47.2. The Morgan fingerprint density at radius 1 is 1.18 bits per heavy atom. The topological polar surface area (TPSA) is 78.7 Å². The molecule has 2 aliphatic rings. The normalized spacial score (nSPS) is 17.3. The van der Waals surface area contributed by atoms with E-state index in [1.54, 1.807) is 29.7 Å². The van der Waals surface area contributed by atoms with Crippen molar-refractivity contribution in [2.24, 2.45) is 0 Å². The lowest BCUT2D eigenvalue weighted by Gasteiger charge is -2.41. The molecule has 1 atom stereocenters. The Hall–Kier alpha value is -3.53. The molecule has 0 bridgehead atoms. The van der Waals surface area contributed by atoms with E-state index in [2.05, 4.69) is 14.9 Å². The quantitative estimate of drug-likeness (QED) is 0.583. The number of halogens is 2. The fraction of sp³-hybridized carbons (Fsp3) is 0.348. The van der Waals surface area contributed by atoms with Crippen LogP contribution < -0.4 is 20.1 Å². The first-order valence-corrected chi connectivity index (χ1v) is 10.7. The van der Waals surface area contributed by atoms with Crippen LogP contribution in [0.3, 0.4) is 0 Å². The minimum absolute atomic E-state index is 0.102. The van der Waals surface area contributed by atoms with E-state index in [-0.39, 0.29) is 29.8 Å². The van der Waals surface area contributed by atoms with Gasteiger partial charge in [0.1, 0.15) is 18.2 Å². The number of rotatable bonds is 5. The van der Waals surface area contributed by atoms with Crippen molar-refractivity contribution >= 4 is 5.82 Å². The van der Waals surface area contributed by atoms with Gasteiger partial charge in [0.25, 0.3) is 0 Å². The third-order valence-electron chi connectivity index (χ3n) is 5.72. The van der Waals surface area contributed by atoms with E-state index < -0.39 is 23.1 Å². The van der Waals surface area contributed by atoms with Crippen LogP contribution in [-0.2, 0) is 17.9 Å². The molecular weight excluding hydrogens is 434 g/mol. The highest BCUT2D eigenvalue weighted by Crippen LogP contribution is 2.30. The van der Waals surface area contributed by atoms with Crippen molar-refractivity contribution in [3.05, 3.63) is 69.9 Å². The van der Waals surface area contributed by atoms with Gasteiger partial charge in [0, 0.05) is 24.8 Å². The molecule has 172 valence electrons. The lowest BCUT2D eigenvalue weighted by molar-refractivity contribution is 0.0847. The predicted octanol–water partition coefficient (Wildman–Crippen LogP) is 3.21. The van der Waals surface area contributed by atoms with E-state index in [1.807, 2.05) is 0 Å². The molecule has 0 unspecified atom stereocenters. The summed E-state index contributed by atoms with van der Waals surface area (Å²) in [6.07, 6.45) is 2.20. The van der Waals surface area contributed by atoms with Gasteiger partial charge in [0.2, 0.25) is 5.88 Å². The molecule has 0 aliphatic carbocycles. The molecule has 3 aromatic rings. The number of anilines is 1. The monoisotopic (exact) mass is 456 g/mol. The zero-order chi connectivity index (χ0) is 22.9. The van der Waals surface area contributed by atoms with Crippen LogP contribution in [0.25, 0.3) is 0 Å². The van der Waals surface area contributed by atoms with Gasteiger partial charge in [0.15, 0.2) is 17.4 Å². The largest absolute Gasteiger partial charge is 0.473 e. The fourth-order valence-corrected chi connectivity index (χ4v) is 4.05. The van der Waals surface area contributed by atoms with Crippen LogP contribution in [-0.4, -0.2) is 40.3 Å². The molecule has 0 saturated carbocycles. The third kappa shape index (κ3) is 4.38. The Labute approximate surface area is 188 Å². The lowest BCUT2D eigenvalue weighted by Crippen LogP contribution is -2.51. The van der Waals surface area contributed by atoms with Crippen molar-refractivity contribution in [2.45, 2.75) is 32.5 Å². The lowest BCUT2D eigenvalue weighted by atomic mass is 10.1. The number of pyridine rings is 1. The molecule has 1 saturated heterocycles. The van der Waals surface area contributed by atoms with E-state index in [0.717, 1.165) is 30.1 Å². The highest BCUT2D eigenvalue weighted by atomic mass is 19.1. The summed E-state index contributed by atoms with van der Waals surface area (Å²) in [5.41, 5.74) is 0.582. The van der Waals surface area contributed by atoms with Gasteiger partial charge in [0.05, 0.1) is 25.5 Å². The second kappa shape index (κ2) is 8.78. The maximum atomic E-state index is 14.5. The molecule has 0 radical (unpaired) electrons. The molecule has 0 amide bonds. The summed E-state index contributed by atoms with van der Waals surface area (Å²) in [5, 5.41) is 0. The summed E-state index contributed by atoms with van der Waals surface area (Å²) in [6, 6.07) is 7.41. The number of benzene rings is 1. The standard InChI is InChI=1S/C23H22F2N4O4/c1-14-2-3-17(11-26-14)33-22-18(24)8-15(9-19(22)25)12-32-20-10-21-28-6-7-31-13-16(28)4-5-29(21)23(30)27-20/h2-3,8-11,16H,4-7,12-13H2,1H3/t16-/m1/s1. The number of aryl methyl sites for hydroxylation is 1. The Kier molecular flexibility index (Phi) is 5.67. The first-order chi connectivity index (χ1) is 16.0. The molecule has 0 spiro atoms. The molecule has 2 aromatic heterocycles. The Balaban J connectivity index is 1.33. The van der Waals surface area contributed by atoms with Crippen LogP contribution in [0, 0.1) is 18.6 Å². The Morgan fingerprint density at radius 3 is 2.76 bits per heavy atom. The van der Waals surface area contributed by atoms with Crippen molar-refractivity contribution in [2.75, 3.05) is 24.7 Å². The van der Waals surface area contributed by atoms with Crippen molar-refractivity contribution in [3.8, 4) is 17.4 Å².